The van der Waals surface area contributed by atoms with Crippen molar-refractivity contribution in [2.75, 3.05) is 7.05 Å². The van der Waals surface area contributed by atoms with Gasteiger partial charge in [0.1, 0.15) is 4.21 Å². The molecule has 2 aromatic heterocycles. The molecule has 2 heterocycles. The predicted octanol–water partition coefficient (Wildman–Crippen LogP) is 2.13. The van der Waals surface area contributed by atoms with Gasteiger partial charge in [0.2, 0.25) is 0 Å². The number of aryl methyl sites for hydroxylation is 2. The molecule has 0 aliphatic rings. The molecule has 110 valence electrons. The molecule has 0 bridgehead atoms. The van der Waals surface area contributed by atoms with Crippen LogP contribution >= 0.6 is 22.7 Å². The van der Waals surface area contributed by atoms with E-state index >= 15 is 0 Å². The molecule has 0 atom stereocenters. The largest absolute Gasteiger partial charge is 0.391 e. The smallest absolute Gasteiger partial charge is 0.252 e. The van der Waals surface area contributed by atoms with Gasteiger partial charge in [0.05, 0.1) is 17.8 Å². The Kier molecular flexibility index (Phi) is 4.60. The SMILES string of the molecule is Cc1cc(S(=O)(=O)N(C)Cc2scnc2C)sc1CO. The third-order valence-electron chi connectivity index (χ3n) is 3.02. The highest BCUT2D eigenvalue weighted by molar-refractivity contribution is 7.91. The Bertz CT molecular complexity index is 703. The lowest BCUT2D eigenvalue weighted by Crippen LogP contribution is -2.25. The van der Waals surface area contributed by atoms with Crippen LogP contribution in [-0.2, 0) is 23.2 Å². The van der Waals surface area contributed by atoms with E-state index < -0.39 is 10.0 Å². The van der Waals surface area contributed by atoms with E-state index in [-0.39, 0.29) is 10.8 Å². The van der Waals surface area contributed by atoms with Crippen LogP contribution in [-0.4, -0.2) is 29.9 Å². The van der Waals surface area contributed by atoms with Crippen molar-refractivity contribution in [3.8, 4) is 0 Å². The van der Waals surface area contributed by atoms with Crippen molar-refractivity contribution < 1.29 is 13.5 Å². The van der Waals surface area contributed by atoms with Gasteiger partial charge in [0, 0.05) is 23.3 Å². The van der Waals surface area contributed by atoms with Crippen LogP contribution in [0.1, 0.15) is 21.0 Å². The molecule has 0 saturated carbocycles. The molecular weight excluding hydrogens is 316 g/mol. The summed E-state index contributed by atoms with van der Waals surface area (Å²) in [4.78, 5) is 5.75. The highest BCUT2D eigenvalue weighted by Crippen LogP contribution is 2.29. The lowest BCUT2D eigenvalue weighted by Gasteiger charge is -2.15. The van der Waals surface area contributed by atoms with E-state index in [1.165, 1.54) is 15.6 Å². The summed E-state index contributed by atoms with van der Waals surface area (Å²) in [6.07, 6.45) is 0. The number of nitrogens with zero attached hydrogens (tertiary/aromatic N) is 2. The Morgan fingerprint density at radius 3 is 2.55 bits per heavy atom. The number of aromatic nitrogens is 1. The number of hydrogen-bond acceptors (Lipinski definition) is 6. The van der Waals surface area contributed by atoms with Crippen molar-refractivity contribution >= 4 is 32.7 Å². The molecule has 8 heteroatoms. The van der Waals surface area contributed by atoms with Crippen molar-refractivity contribution in [3.05, 3.63) is 32.6 Å². The van der Waals surface area contributed by atoms with Crippen LogP contribution in [0, 0.1) is 13.8 Å². The molecule has 20 heavy (non-hydrogen) atoms. The van der Waals surface area contributed by atoms with Gasteiger partial charge in [-0.2, -0.15) is 4.31 Å². The second-order valence-corrected chi connectivity index (χ2v) is 8.80. The van der Waals surface area contributed by atoms with Gasteiger partial charge in [-0.1, -0.05) is 0 Å². The van der Waals surface area contributed by atoms with Crippen LogP contribution in [0.15, 0.2) is 15.8 Å². The van der Waals surface area contributed by atoms with E-state index in [0.717, 1.165) is 27.5 Å². The Labute approximate surface area is 126 Å². The maximum absolute atomic E-state index is 12.5. The zero-order valence-electron chi connectivity index (χ0n) is 11.5. The topological polar surface area (TPSA) is 70.5 Å². The van der Waals surface area contributed by atoms with E-state index in [1.54, 1.807) is 25.5 Å². The predicted molar refractivity (Wildman–Crippen MR) is 80.5 cm³/mol. The first-order valence-electron chi connectivity index (χ1n) is 5.91. The number of thiophene rings is 1. The zero-order chi connectivity index (χ0) is 14.9. The molecule has 0 radical (unpaired) electrons. The second kappa shape index (κ2) is 5.90. The quantitative estimate of drug-likeness (QED) is 0.910. The first-order chi connectivity index (χ1) is 9.36. The minimum absolute atomic E-state index is 0.135. The molecule has 0 spiro atoms. The monoisotopic (exact) mass is 332 g/mol. The summed E-state index contributed by atoms with van der Waals surface area (Å²) >= 11 is 2.57. The van der Waals surface area contributed by atoms with Gasteiger partial charge in [-0.25, -0.2) is 13.4 Å². The van der Waals surface area contributed by atoms with Crippen LogP contribution in [0.3, 0.4) is 0 Å². The Hall–Kier alpha value is -0.800. The molecule has 0 aromatic carbocycles. The lowest BCUT2D eigenvalue weighted by molar-refractivity contribution is 0.285. The van der Waals surface area contributed by atoms with Crippen LogP contribution in [0.5, 0.6) is 0 Å². The molecular formula is C12H16N2O3S3. The number of aliphatic hydroxyl groups is 1. The van der Waals surface area contributed by atoms with Gasteiger partial charge in [0.15, 0.2) is 0 Å². The molecule has 0 saturated heterocycles. The second-order valence-electron chi connectivity index (χ2n) is 4.45. The number of thiazole rings is 1. The Balaban J connectivity index is 2.27. The average molecular weight is 332 g/mol. The molecule has 0 unspecified atom stereocenters. The summed E-state index contributed by atoms with van der Waals surface area (Å²) in [5.74, 6) is 0. The molecule has 2 aromatic rings. The first-order valence-corrected chi connectivity index (χ1v) is 9.05. The summed E-state index contributed by atoms with van der Waals surface area (Å²) in [6.45, 7) is 3.84. The van der Waals surface area contributed by atoms with Gasteiger partial charge < -0.3 is 5.11 Å². The van der Waals surface area contributed by atoms with E-state index in [0.29, 0.717) is 11.4 Å². The maximum Gasteiger partial charge on any atom is 0.252 e. The van der Waals surface area contributed by atoms with Crippen molar-refractivity contribution in [1.82, 2.24) is 9.29 Å². The van der Waals surface area contributed by atoms with E-state index in [2.05, 4.69) is 4.98 Å². The van der Waals surface area contributed by atoms with Gasteiger partial charge in [-0.05, 0) is 25.5 Å². The van der Waals surface area contributed by atoms with E-state index in [4.69, 9.17) is 0 Å². The van der Waals surface area contributed by atoms with Gasteiger partial charge in [-0.3, -0.25) is 0 Å². The zero-order valence-corrected chi connectivity index (χ0v) is 13.9. The molecule has 2 rings (SSSR count). The van der Waals surface area contributed by atoms with Gasteiger partial charge >= 0.3 is 0 Å². The minimum Gasteiger partial charge on any atom is -0.391 e. The molecule has 5 nitrogen and oxygen atoms in total. The van der Waals surface area contributed by atoms with Crippen LogP contribution in [0.2, 0.25) is 0 Å². The fourth-order valence-corrected chi connectivity index (χ4v) is 5.40. The molecule has 0 aliphatic heterocycles. The molecule has 0 aliphatic carbocycles. The summed E-state index contributed by atoms with van der Waals surface area (Å²) in [5.41, 5.74) is 3.37. The first kappa shape index (κ1) is 15.6. The summed E-state index contributed by atoms with van der Waals surface area (Å²) in [5, 5.41) is 9.18. The van der Waals surface area contributed by atoms with Crippen molar-refractivity contribution in [3.63, 3.8) is 0 Å². The minimum atomic E-state index is -3.52. The van der Waals surface area contributed by atoms with Crippen molar-refractivity contribution in [1.29, 1.82) is 0 Å². The lowest BCUT2D eigenvalue weighted by atomic mass is 10.3. The molecule has 1 N–H and O–H groups in total. The van der Waals surface area contributed by atoms with Crippen LogP contribution in [0.4, 0.5) is 0 Å². The highest BCUT2D eigenvalue weighted by Gasteiger charge is 2.25. The third-order valence-corrected chi connectivity index (χ3v) is 7.41. The summed E-state index contributed by atoms with van der Waals surface area (Å²) in [6, 6.07) is 1.61. The van der Waals surface area contributed by atoms with Crippen molar-refractivity contribution in [2.45, 2.75) is 31.2 Å². The summed E-state index contributed by atoms with van der Waals surface area (Å²) in [7, 11) is -1.97. The standard InChI is InChI=1S/C12H16N2O3S3/c1-8-4-12(19-11(8)6-15)20(16,17)14(3)5-10-9(2)13-7-18-10/h4,7,15H,5-6H2,1-3H3. The Morgan fingerprint density at radius 1 is 1.35 bits per heavy atom. The average Bonchev–Trinajstić information content (AvgIpc) is 2.96. The fraction of sp³-hybridized carbons (Fsp3) is 0.417. The van der Waals surface area contributed by atoms with Crippen molar-refractivity contribution in [2.24, 2.45) is 0 Å². The number of rotatable bonds is 5. The van der Waals surface area contributed by atoms with E-state index in [9.17, 15) is 13.5 Å². The number of aliphatic hydroxyl groups excluding tert-OH is 1. The normalized spacial score (nSPS) is 12.2. The number of sulfonamides is 1. The fourth-order valence-electron chi connectivity index (χ4n) is 1.69. The van der Waals surface area contributed by atoms with Gasteiger partial charge in [0.25, 0.3) is 10.0 Å². The summed E-state index contributed by atoms with van der Waals surface area (Å²) < 4.78 is 26.6. The molecule has 0 fully saturated rings. The number of hydrogen-bond donors (Lipinski definition) is 1. The molecule has 0 amide bonds. The van der Waals surface area contributed by atoms with Crippen LogP contribution in [0.25, 0.3) is 0 Å². The maximum atomic E-state index is 12.5. The third kappa shape index (κ3) is 2.94. The highest BCUT2D eigenvalue weighted by atomic mass is 32.2. The Morgan fingerprint density at radius 2 is 2.05 bits per heavy atom. The van der Waals surface area contributed by atoms with Gasteiger partial charge in [-0.15, -0.1) is 22.7 Å². The van der Waals surface area contributed by atoms with Crippen LogP contribution < -0.4 is 0 Å². The van der Waals surface area contributed by atoms with E-state index in [1.807, 2.05) is 6.92 Å².